The van der Waals surface area contributed by atoms with Gasteiger partial charge in [-0.25, -0.2) is 0 Å². The van der Waals surface area contributed by atoms with Crippen LogP contribution in [0.3, 0.4) is 0 Å². The Hall–Kier alpha value is -0.910. The summed E-state index contributed by atoms with van der Waals surface area (Å²) in [6.07, 6.45) is 0. The van der Waals surface area contributed by atoms with Gasteiger partial charge >= 0.3 is 0 Å². The average Bonchev–Trinajstić information content (AvgIpc) is 1.98. The van der Waals surface area contributed by atoms with Gasteiger partial charge in [-0.2, -0.15) is 0 Å². The maximum atomic E-state index is 10.2. The Labute approximate surface area is 76.4 Å². The molecule has 1 unspecified atom stereocenters. The van der Waals surface area contributed by atoms with Gasteiger partial charge in [0.15, 0.2) is 6.61 Å². The first-order valence-corrected chi connectivity index (χ1v) is 3.83. The zero-order valence-electron chi connectivity index (χ0n) is 7.31. The number of thiocarbonyl (C=S) groups is 1. The highest BCUT2D eigenvalue weighted by Crippen LogP contribution is 1.93. The SMILES string of the molecule is CC(COC(=S)N(C)C)[N+](=O)[O-]. The third kappa shape index (κ3) is 4.07. The van der Waals surface area contributed by atoms with Gasteiger partial charge < -0.3 is 9.64 Å². The van der Waals surface area contributed by atoms with E-state index in [1.54, 1.807) is 19.0 Å². The summed E-state index contributed by atoms with van der Waals surface area (Å²) in [6.45, 7) is 1.49. The Morgan fingerprint density at radius 1 is 1.75 bits per heavy atom. The van der Waals surface area contributed by atoms with E-state index in [1.165, 1.54) is 6.92 Å². The summed E-state index contributed by atoms with van der Waals surface area (Å²) in [6, 6.07) is -0.720. The summed E-state index contributed by atoms with van der Waals surface area (Å²) in [5.41, 5.74) is 0. The molecule has 0 rings (SSSR count). The van der Waals surface area contributed by atoms with E-state index in [1.807, 2.05) is 0 Å². The number of hydrogen-bond donors (Lipinski definition) is 0. The number of hydrogen-bond acceptors (Lipinski definition) is 4. The van der Waals surface area contributed by atoms with Gasteiger partial charge in [-0.15, -0.1) is 0 Å². The zero-order valence-corrected chi connectivity index (χ0v) is 8.13. The second-order valence-electron chi connectivity index (χ2n) is 2.61. The van der Waals surface area contributed by atoms with E-state index in [2.05, 4.69) is 0 Å². The first-order valence-electron chi connectivity index (χ1n) is 3.42. The van der Waals surface area contributed by atoms with Crippen LogP contribution in [0.2, 0.25) is 0 Å². The van der Waals surface area contributed by atoms with E-state index in [-0.39, 0.29) is 11.8 Å². The molecule has 0 aromatic heterocycles. The molecule has 6 heteroatoms. The van der Waals surface area contributed by atoms with Crippen LogP contribution in [-0.2, 0) is 4.74 Å². The molecule has 0 radical (unpaired) electrons. The largest absolute Gasteiger partial charge is 0.464 e. The Morgan fingerprint density at radius 2 is 2.25 bits per heavy atom. The number of nitrogens with zero attached hydrogens (tertiary/aromatic N) is 2. The summed E-state index contributed by atoms with van der Waals surface area (Å²) in [5, 5.41) is 10.4. The first kappa shape index (κ1) is 11.1. The molecule has 5 nitrogen and oxygen atoms in total. The minimum absolute atomic E-state index is 0.0179. The van der Waals surface area contributed by atoms with Gasteiger partial charge in [0.25, 0.3) is 5.17 Å². The maximum Gasteiger partial charge on any atom is 0.259 e. The highest BCUT2D eigenvalue weighted by molar-refractivity contribution is 7.80. The van der Waals surface area contributed by atoms with Gasteiger partial charge in [0, 0.05) is 25.9 Å². The van der Waals surface area contributed by atoms with Crippen molar-refractivity contribution in [2.75, 3.05) is 20.7 Å². The molecule has 0 aliphatic rings. The molecule has 0 saturated heterocycles. The van der Waals surface area contributed by atoms with Crippen LogP contribution in [0.4, 0.5) is 0 Å². The van der Waals surface area contributed by atoms with Crippen molar-refractivity contribution in [3.05, 3.63) is 10.1 Å². The van der Waals surface area contributed by atoms with Gasteiger partial charge in [-0.1, -0.05) is 0 Å². The number of nitro groups is 1. The summed E-state index contributed by atoms with van der Waals surface area (Å²) < 4.78 is 4.94. The molecule has 0 spiro atoms. The summed E-state index contributed by atoms with van der Waals surface area (Å²) in [4.78, 5) is 11.3. The standard InChI is InChI=1S/C6H12N2O3S/c1-5(8(9)10)4-11-6(12)7(2)3/h5H,4H2,1-3H3. The molecule has 0 aromatic rings. The molecule has 0 fully saturated rings. The smallest absolute Gasteiger partial charge is 0.259 e. The molecule has 0 aromatic carbocycles. The van der Waals surface area contributed by atoms with Crippen LogP contribution in [0.15, 0.2) is 0 Å². The lowest BCUT2D eigenvalue weighted by Crippen LogP contribution is -2.28. The van der Waals surface area contributed by atoms with Crippen LogP contribution < -0.4 is 0 Å². The van der Waals surface area contributed by atoms with Gasteiger partial charge in [0.1, 0.15) is 0 Å². The van der Waals surface area contributed by atoms with Crippen molar-refractivity contribution in [2.24, 2.45) is 0 Å². The predicted molar refractivity (Wildman–Crippen MR) is 48.7 cm³/mol. The van der Waals surface area contributed by atoms with E-state index in [9.17, 15) is 10.1 Å². The van der Waals surface area contributed by atoms with Crippen LogP contribution in [0.1, 0.15) is 6.92 Å². The van der Waals surface area contributed by atoms with Crippen molar-refractivity contribution in [1.29, 1.82) is 0 Å². The van der Waals surface area contributed by atoms with Gasteiger partial charge in [-0.3, -0.25) is 10.1 Å². The van der Waals surface area contributed by atoms with Crippen LogP contribution in [0.5, 0.6) is 0 Å². The molecule has 12 heavy (non-hydrogen) atoms. The monoisotopic (exact) mass is 192 g/mol. The molecule has 0 aliphatic heterocycles. The normalized spacial score (nSPS) is 11.9. The lowest BCUT2D eigenvalue weighted by Gasteiger charge is -2.14. The van der Waals surface area contributed by atoms with Crippen LogP contribution in [-0.4, -0.2) is 41.7 Å². The van der Waals surface area contributed by atoms with E-state index in [0.717, 1.165) is 0 Å². The number of ether oxygens (including phenoxy) is 1. The van der Waals surface area contributed by atoms with Gasteiger partial charge in [0.2, 0.25) is 6.04 Å². The van der Waals surface area contributed by atoms with Crippen molar-refractivity contribution in [3.63, 3.8) is 0 Å². The van der Waals surface area contributed by atoms with Gasteiger partial charge in [0.05, 0.1) is 0 Å². The maximum absolute atomic E-state index is 10.2. The van der Waals surface area contributed by atoms with E-state index >= 15 is 0 Å². The first-order chi connectivity index (χ1) is 5.45. The molecular formula is C6H12N2O3S. The minimum Gasteiger partial charge on any atom is -0.464 e. The minimum atomic E-state index is -0.720. The highest BCUT2D eigenvalue weighted by Gasteiger charge is 2.14. The quantitative estimate of drug-likeness (QED) is 0.370. The van der Waals surface area contributed by atoms with Crippen LogP contribution in [0, 0.1) is 10.1 Å². The third-order valence-corrected chi connectivity index (χ3v) is 1.66. The lowest BCUT2D eigenvalue weighted by molar-refractivity contribution is -0.520. The zero-order chi connectivity index (χ0) is 9.72. The van der Waals surface area contributed by atoms with Crippen molar-refractivity contribution in [3.8, 4) is 0 Å². The van der Waals surface area contributed by atoms with Crippen LogP contribution >= 0.6 is 12.2 Å². The summed E-state index contributed by atoms with van der Waals surface area (Å²) >= 11 is 4.76. The second kappa shape index (κ2) is 4.87. The number of rotatable bonds is 3. The molecular weight excluding hydrogens is 180 g/mol. The lowest BCUT2D eigenvalue weighted by atomic mass is 10.4. The van der Waals surface area contributed by atoms with Crippen molar-refractivity contribution in [1.82, 2.24) is 4.90 Å². The molecule has 0 bridgehead atoms. The second-order valence-corrected chi connectivity index (χ2v) is 2.95. The molecule has 1 atom stereocenters. The molecule has 0 saturated carbocycles. The Balaban J connectivity index is 3.69. The van der Waals surface area contributed by atoms with E-state index in [4.69, 9.17) is 17.0 Å². The summed E-state index contributed by atoms with van der Waals surface area (Å²) in [5.74, 6) is 0. The molecule has 0 heterocycles. The molecule has 70 valence electrons. The molecule has 0 N–H and O–H groups in total. The Kier molecular flexibility index (Phi) is 4.50. The van der Waals surface area contributed by atoms with Crippen molar-refractivity contribution in [2.45, 2.75) is 13.0 Å². The van der Waals surface area contributed by atoms with Gasteiger partial charge in [-0.05, 0) is 12.2 Å². The molecule has 0 aliphatic carbocycles. The van der Waals surface area contributed by atoms with Crippen LogP contribution in [0.25, 0.3) is 0 Å². The fraction of sp³-hybridized carbons (Fsp3) is 0.833. The topological polar surface area (TPSA) is 55.6 Å². The predicted octanol–water partition coefficient (Wildman–Crippen LogP) is 0.515. The Bertz CT molecular complexity index is 184. The fourth-order valence-corrected chi connectivity index (χ4v) is 0.450. The highest BCUT2D eigenvalue weighted by atomic mass is 32.1. The van der Waals surface area contributed by atoms with E-state index in [0.29, 0.717) is 0 Å². The fourth-order valence-electron chi connectivity index (χ4n) is 0.382. The summed E-state index contributed by atoms with van der Waals surface area (Å²) in [7, 11) is 3.44. The van der Waals surface area contributed by atoms with Crippen molar-refractivity contribution >= 4 is 17.4 Å². The third-order valence-electron chi connectivity index (χ3n) is 1.17. The Morgan fingerprint density at radius 3 is 2.58 bits per heavy atom. The van der Waals surface area contributed by atoms with Crippen molar-refractivity contribution < 1.29 is 9.66 Å². The average molecular weight is 192 g/mol. The van der Waals surface area contributed by atoms with E-state index < -0.39 is 11.0 Å². The molecule has 0 amide bonds.